The standard InChI is InChI=1S/C29H24N4O3/c1-17(27-31-29(34)36-32-27)26-21-13-10-18(14-20(21)16-35-25-9-5-2-6-22(25)26)15-33-24-8-4-3-7-23(24)30-28(33)19-11-12-19/h2-10,13-14,19H,11-12,15-16H2,1H3,(H,31,32,34)/b26-17+. The molecule has 2 aliphatic rings. The molecule has 1 aliphatic carbocycles. The van der Waals surface area contributed by atoms with Crippen LogP contribution in [0.5, 0.6) is 5.75 Å². The van der Waals surface area contributed by atoms with E-state index >= 15 is 0 Å². The molecule has 0 saturated heterocycles. The van der Waals surface area contributed by atoms with Crippen molar-refractivity contribution in [2.75, 3.05) is 0 Å². The molecule has 0 atom stereocenters. The third-order valence-electron chi connectivity index (χ3n) is 7.12. The maximum atomic E-state index is 11.7. The summed E-state index contributed by atoms with van der Waals surface area (Å²) in [5, 5.41) is 3.94. The van der Waals surface area contributed by atoms with Crippen molar-refractivity contribution in [1.82, 2.24) is 19.7 Å². The lowest BCUT2D eigenvalue weighted by molar-refractivity contribution is 0.307. The number of H-pyrrole nitrogens is 1. The lowest BCUT2D eigenvalue weighted by atomic mass is 9.89. The van der Waals surface area contributed by atoms with Crippen LogP contribution in [0.1, 0.15) is 59.6 Å². The zero-order valence-electron chi connectivity index (χ0n) is 19.8. The van der Waals surface area contributed by atoms with Crippen LogP contribution in [0.4, 0.5) is 0 Å². The van der Waals surface area contributed by atoms with Crippen LogP contribution >= 0.6 is 0 Å². The molecule has 178 valence electrons. The molecule has 1 aliphatic heterocycles. The van der Waals surface area contributed by atoms with E-state index in [0.717, 1.165) is 45.6 Å². The van der Waals surface area contributed by atoms with Gasteiger partial charge in [0.2, 0.25) is 0 Å². The highest BCUT2D eigenvalue weighted by Crippen LogP contribution is 2.42. The molecule has 1 saturated carbocycles. The zero-order valence-corrected chi connectivity index (χ0v) is 19.8. The summed E-state index contributed by atoms with van der Waals surface area (Å²) in [6.07, 6.45) is 2.41. The van der Waals surface area contributed by atoms with Gasteiger partial charge in [-0.25, -0.2) is 9.78 Å². The average Bonchev–Trinajstić information content (AvgIpc) is 3.59. The Morgan fingerprint density at radius 3 is 2.72 bits per heavy atom. The Labute approximate surface area is 207 Å². The molecule has 0 spiro atoms. The molecule has 7 heteroatoms. The second-order valence-electron chi connectivity index (χ2n) is 9.54. The van der Waals surface area contributed by atoms with Crippen LogP contribution < -0.4 is 10.5 Å². The SMILES string of the molecule is C/C(=C1/c2ccc(Cn3c(C4CC4)nc4ccccc43)cc2COc2ccccc21)c1noc(=O)[nH]1. The van der Waals surface area contributed by atoms with E-state index in [1.807, 2.05) is 37.3 Å². The number of rotatable bonds is 4. The maximum absolute atomic E-state index is 11.7. The largest absolute Gasteiger partial charge is 0.488 e. The minimum atomic E-state index is -0.572. The predicted octanol–water partition coefficient (Wildman–Crippen LogP) is 5.51. The third kappa shape index (κ3) is 3.47. The number of nitrogens with zero attached hydrogens (tertiary/aromatic N) is 3. The van der Waals surface area contributed by atoms with Crippen molar-refractivity contribution in [3.8, 4) is 5.75 Å². The molecule has 2 aromatic heterocycles. The van der Waals surface area contributed by atoms with Gasteiger partial charge in [0.25, 0.3) is 0 Å². The van der Waals surface area contributed by atoms with Crippen LogP contribution in [0.25, 0.3) is 22.2 Å². The number of nitrogens with one attached hydrogen (secondary N) is 1. The molecule has 3 heterocycles. The van der Waals surface area contributed by atoms with Crippen LogP contribution in [0.2, 0.25) is 0 Å². The molecule has 36 heavy (non-hydrogen) atoms. The summed E-state index contributed by atoms with van der Waals surface area (Å²) in [6, 6.07) is 22.9. The van der Waals surface area contributed by atoms with Crippen molar-refractivity contribution >= 4 is 22.2 Å². The number of para-hydroxylation sites is 3. The molecule has 1 N–H and O–H groups in total. The number of hydrogen-bond acceptors (Lipinski definition) is 5. The Morgan fingerprint density at radius 1 is 1.06 bits per heavy atom. The van der Waals surface area contributed by atoms with Crippen molar-refractivity contribution in [3.05, 3.63) is 111 Å². The van der Waals surface area contributed by atoms with Crippen LogP contribution in [-0.4, -0.2) is 19.7 Å². The first-order valence-corrected chi connectivity index (χ1v) is 12.2. The molecule has 0 radical (unpaired) electrons. The molecule has 1 fully saturated rings. The summed E-state index contributed by atoms with van der Waals surface area (Å²) < 4.78 is 13.4. The molecule has 7 nitrogen and oxygen atoms in total. The predicted molar refractivity (Wildman–Crippen MR) is 137 cm³/mol. The summed E-state index contributed by atoms with van der Waals surface area (Å²) in [4.78, 5) is 19.3. The summed E-state index contributed by atoms with van der Waals surface area (Å²) in [5.41, 5.74) is 8.32. The summed E-state index contributed by atoms with van der Waals surface area (Å²) in [7, 11) is 0. The third-order valence-corrected chi connectivity index (χ3v) is 7.12. The lowest BCUT2D eigenvalue weighted by Gasteiger charge is -2.15. The van der Waals surface area contributed by atoms with Gasteiger partial charge in [0.15, 0.2) is 5.82 Å². The molecule has 0 amide bonds. The summed E-state index contributed by atoms with van der Waals surface area (Å²) >= 11 is 0. The van der Waals surface area contributed by atoms with Crippen LogP contribution in [0, 0.1) is 0 Å². The number of aromatic nitrogens is 4. The average molecular weight is 477 g/mol. The fourth-order valence-corrected chi connectivity index (χ4v) is 5.22. The number of benzene rings is 3. The van der Waals surface area contributed by atoms with Gasteiger partial charge in [0, 0.05) is 23.6 Å². The smallest absolute Gasteiger partial charge is 0.439 e. The summed E-state index contributed by atoms with van der Waals surface area (Å²) in [5.74, 6) is 2.38. The van der Waals surface area contributed by atoms with Gasteiger partial charge in [0.05, 0.1) is 11.0 Å². The lowest BCUT2D eigenvalue weighted by Crippen LogP contribution is -2.06. The van der Waals surface area contributed by atoms with E-state index in [0.29, 0.717) is 18.3 Å². The van der Waals surface area contributed by atoms with Gasteiger partial charge in [-0.15, -0.1) is 0 Å². The number of fused-ring (bicyclic) bond motifs is 3. The Morgan fingerprint density at radius 2 is 1.89 bits per heavy atom. The Kier molecular flexibility index (Phi) is 4.70. The van der Waals surface area contributed by atoms with Crippen molar-refractivity contribution in [1.29, 1.82) is 0 Å². The summed E-state index contributed by atoms with van der Waals surface area (Å²) in [6.45, 7) is 3.15. The Hall–Kier alpha value is -4.39. The number of imidazole rings is 1. The molecule has 5 aromatic rings. The Balaban J connectivity index is 1.36. The van der Waals surface area contributed by atoms with Crippen LogP contribution in [-0.2, 0) is 13.2 Å². The molecule has 3 aromatic carbocycles. The number of aromatic amines is 1. The van der Waals surface area contributed by atoms with E-state index in [1.54, 1.807) is 0 Å². The van der Waals surface area contributed by atoms with Gasteiger partial charge in [-0.05, 0) is 66.3 Å². The van der Waals surface area contributed by atoms with E-state index in [1.165, 1.54) is 29.7 Å². The monoisotopic (exact) mass is 476 g/mol. The van der Waals surface area contributed by atoms with Crippen molar-refractivity contribution in [2.45, 2.75) is 38.8 Å². The first-order valence-electron chi connectivity index (χ1n) is 12.2. The van der Waals surface area contributed by atoms with Crippen LogP contribution in [0.15, 0.2) is 76.0 Å². The van der Waals surface area contributed by atoms with Crippen LogP contribution in [0.3, 0.4) is 0 Å². The second kappa shape index (κ2) is 8.09. The molecule has 0 bridgehead atoms. The molecule has 7 rings (SSSR count). The van der Waals surface area contributed by atoms with Gasteiger partial charge in [0.1, 0.15) is 18.2 Å². The maximum Gasteiger partial charge on any atom is 0.439 e. The Bertz CT molecular complexity index is 1720. The van der Waals surface area contributed by atoms with Crippen molar-refractivity contribution in [3.63, 3.8) is 0 Å². The van der Waals surface area contributed by atoms with Gasteiger partial charge in [-0.1, -0.05) is 47.6 Å². The van der Waals surface area contributed by atoms with E-state index in [-0.39, 0.29) is 0 Å². The topological polar surface area (TPSA) is 85.9 Å². The van der Waals surface area contributed by atoms with Crippen molar-refractivity contribution < 1.29 is 9.26 Å². The fraction of sp³-hybridized carbons (Fsp3) is 0.207. The van der Waals surface area contributed by atoms with Gasteiger partial charge in [-0.3, -0.25) is 9.51 Å². The number of ether oxygens (including phenoxy) is 1. The molecular weight excluding hydrogens is 452 g/mol. The number of allylic oxidation sites excluding steroid dienone is 1. The quantitative estimate of drug-likeness (QED) is 0.370. The first-order chi connectivity index (χ1) is 17.7. The zero-order chi connectivity index (χ0) is 24.2. The first kappa shape index (κ1) is 20.9. The van der Waals surface area contributed by atoms with E-state index in [9.17, 15) is 4.79 Å². The van der Waals surface area contributed by atoms with Gasteiger partial charge >= 0.3 is 5.76 Å². The van der Waals surface area contributed by atoms with E-state index in [2.05, 4.69) is 51.1 Å². The van der Waals surface area contributed by atoms with Gasteiger partial charge < -0.3 is 9.30 Å². The molecular formula is C29H24N4O3. The highest BCUT2D eigenvalue weighted by Gasteiger charge is 2.30. The highest BCUT2D eigenvalue weighted by atomic mass is 16.5. The minimum absolute atomic E-state index is 0.417. The normalized spacial score (nSPS) is 16.2. The second-order valence-corrected chi connectivity index (χ2v) is 9.54. The fourth-order valence-electron chi connectivity index (χ4n) is 5.22. The molecule has 0 unspecified atom stereocenters. The van der Waals surface area contributed by atoms with E-state index < -0.39 is 5.76 Å². The van der Waals surface area contributed by atoms with Crippen molar-refractivity contribution in [2.24, 2.45) is 0 Å². The minimum Gasteiger partial charge on any atom is -0.488 e. The van der Waals surface area contributed by atoms with Gasteiger partial charge in [-0.2, -0.15) is 0 Å². The van der Waals surface area contributed by atoms with E-state index in [4.69, 9.17) is 14.2 Å². The highest BCUT2D eigenvalue weighted by molar-refractivity contribution is 5.99. The number of hydrogen-bond donors (Lipinski definition) is 1.